The van der Waals surface area contributed by atoms with Crippen LogP contribution in [0.1, 0.15) is 21.5 Å². The molecule has 0 bridgehead atoms. The highest BCUT2D eigenvalue weighted by atomic mass is 79.9. The van der Waals surface area contributed by atoms with Crippen molar-refractivity contribution in [2.75, 3.05) is 0 Å². The molecule has 0 saturated carbocycles. The van der Waals surface area contributed by atoms with Gasteiger partial charge in [-0.25, -0.2) is 0 Å². The number of alkyl halides is 1. The average Bonchev–Trinajstić information content (AvgIpc) is 2.50. The van der Waals surface area contributed by atoms with Crippen molar-refractivity contribution in [3.8, 4) is 0 Å². The van der Waals surface area contributed by atoms with E-state index in [9.17, 15) is 0 Å². The SMILES string of the molecule is Cc1cccc(C(Br)Cc2ccc3ccccc3c2)c1Br. The van der Waals surface area contributed by atoms with Crippen molar-refractivity contribution in [3.63, 3.8) is 0 Å². The van der Waals surface area contributed by atoms with Crippen molar-refractivity contribution in [1.29, 1.82) is 0 Å². The predicted octanol–water partition coefficient (Wildman–Crippen LogP) is 6.59. The highest BCUT2D eigenvalue weighted by Crippen LogP contribution is 2.34. The fourth-order valence-electron chi connectivity index (χ4n) is 2.59. The van der Waals surface area contributed by atoms with E-state index in [4.69, 9.17) is 0 Å². The predicted molar refractivity (Wildman–Crippen MR) is 98.2 cm³/mol. The Morgan fingerprint density at radius 2 is 1.67 bits per heavy atom. The Labute approximate surface area is 142 Å². The number of hydrogen-bond acceptors (Lipinski definition) is 0. The van der Waals surface area contributed by atoms with E-state index in [1.54, 1.807) is 0 Å². The molecule has 0 amide bonds. The zero-order valence-electron chi connectivity index (χ0n) is 11.8. The normalized spacial score (nSPS) is 12.5. The third kappa shape index (κ3) is 3.22. The second kappa shape index (κ2) is 6.33. The topological polar surface area (TPSA) is 0 Å². The molecular formula is C19H16Br2. The molecule has 0 radical (unpaired) electrons. The van der Waals surface area contributed by atoms with Crippen LogP contribution < -0.4 is 0 Å². The van der Waals surface area contributed by atoms with Gasteiger partial charge in [0, 0.05) is 9.30 Å². The molecular weight excluding hydrogens is 388 g/mol. The molecule has 0 aliphatic carbocycles. The summed E-state index contributed by atoms with van der Waals surface area (Å²) in [4.78, 5) is 0.313. The fourth-order valence-corrected chi connectivity index (χ4v) is 4.20. The van der Waals surface area contributed by atoms with Gasteiger partial charge < -0.3 is 0 Å². The summed E-state index contributed by atoms with van der Waals surface area (Å²) < 4.78 is 1.20. The number of benzene rings is 3. The second-order valence-corrected chi connectivity index (χ2v) is 7.23. The summed E-state index contributed by atoms with van der Waals surface area (Å²) >= 11 is 7.55. The lowest BCUT2D eigenvalue weighted by Crippen LogP contribution is -1.97. The van der Waals surface area contributed by atoms with Gasteiger partial charge in [0.15, 0.2) is 0 Å². The van der Waals surface area contributed by atoms with Gasteiger partial charge in [0.25, 0.3) is 0 Å². The molecule has 0 heterocycles. The first-order valence-corrected chi connectivity index (χ1v) is 8.73. The highest BCUT2D eigenvalue weighted by molar-refractivity contribution is 9.11. The van der Waals surface area contributed by atoms with Crippen LogP contribution in [0.3, 0.4) is 0 Å². The lowest BCUT2D eigenvalue weighted by molar-refractivity contribution is 0.942. The minimum atomic E-state index is 0.313. The summed E-state index contributed by atoms with van der Waals surface area (Å²) in [5.74, 6) is 0. The summed E-state index contributed by atoms with van der Waals surface area (Å²) in [5.41, 5.74) is 3.93. The molecule has 0 aromatic heterocycles. The largest absolute Gasteiger partial charge is 0.0835 e. The Kier molecular flexibility index (Phi) is 4.46. The Morgan fingerprint density at radius 3 is 2.48 bits per heavy atom. The number of aryl methyl sites for hydroxylation is 1. The van der Waals surface area contributed by atoms with Gasteiger partial charge in [-0.05, 0) is 40.8 Å². The van der Waals surface area contributed by atoms with Crippen LogP contribution >= 0.6 is 31.9 Å². The van der Waals surface area contributed by atoms with Gasteiger partial charge in [-0.15, -0.1) is 0 Å². The molecule has 1 unspecified atom stereocenters. The Balaban J connectivity index is 1.89. The van der Waals surface area contributed by atoms with Crippen molar-refractivity contribution in [1.82, 2.24) is 0 Å². The maximum atomic E-state index is 3.84. The summed E-state index contributed by atoms with van der Waals surface area (Å²) in [6, 6.07) is 21.6. The third-order valence-electron chi connectivity index (χ3n) is 3.79. The molecule has 3 aromatic carbocycles. The highest BCUT2D eigenvalue weighted by Gasteiger charge is 2.13. The second-order valence-electron chi connectivity index (χ2n) is 5.33. The zero-order valence-corrected chi connectivity index (χ0v) is 15.0. The first kappa shape index (κ1) is 14.8. The number of hydrogen-bond donors (Lipinski definition) is 0. The minimum Gasteiger partial charge on any atom is -0.0835 e. The molecule has 3 rings (SSSR count). The minimum absolute atomic E-state index is 0.313. The van der Waals surface area contributed by atoms with E-state index in [-0.39, 0.29) is 0 Å². The molecule has 106 valence electrons. The van der Waals surface area contributed by atoms with E-state index in [0.29, 0.717) is 4.83 Å². The van der Waals surface area contributed by atoms with Crippen molar-refractivity contribution < 1.29 is 0 Å². The molecule has 0 aliphatic rings. The van der Waals surface area contributed by atoms with Crippen LogP contribution in [0.4, 0.5) is 0 Å². The third-order valence-corrected chi connectivity index (χ3v) is 5.69. The molecule has 0 spiro atoms. The maximum Gasteiger partial charge on any atom is 0.0446 e. The van der Waals surface area contributed by atoms with Gasteiger partial charge in [0.1, 0.15) is 0 Å². The van der Waals surface area contributed by atoms with Gasteiger partial charge in [-0.3, -0.25) is 0 Å². The first-order valence-electron chi connectivity index (χ1n) is 7.02. The zero-order chi connectivity index (χ0) is 14.8. The Bertz CT molecular complexity index is 777. The summed E-state index contributed by atoms with van der Waals surface area (Å²) in [6.07, 6.45) is 0.979. The summed E-state index contributed by atoms with van der Waals surface area (Å²) in [7, 11) is 0. The van der Waals surface area contributed by atoms with E-state index in [1.807, 2.05) is 0 Å². The van der Waals surface area contributed by atoms with Gasteiger partial charge >= 0.3 is 0 Å². The lowest BCUT2D eigenvalue weighted by Gasteiger charge is -2.14. The van der Waals surface area contributed by atoms with E-state index in [0.717, 1.165) is 6.42 Å². The van der Waals surface area contributed by atoms with Gasteiger partial charge in [-0.2, -0.15) is 0 Å². The fraction of sp³-hybridized carbons (Fsp3) is 0.158. The van der Waals surface area contributed by atoms with Crippen molar-refractivity contribution in [2.24, 2.45) is 0 Å². The van der Waals surface area contributed by atoms with Crippen LogP contribution in [-0.2, 0) is 6.42 Å². The number of fused-ring (bicyclic) bond motifs is 1. The molecule has 0 N–H and O–H groups in total. The Hall–Kier alpha value is -1.12. The molecule has 0 saturated heterocycles. The maximum absolute atomic E-state index is 3.84. The molecule has 1 atom stereocenters. The summed E-state index contributed by atoms with van der Waals surface area (Å²) in [6.45, 7) is 2.13. The van der Waals surface area contributed by atoms with Crippen LogP contribution in [-0.4, -0.2) is 0 Å². The van der Waals surface area contributed by atoms with E-state index in [2.05, 4.69) is 99.4 Å². The monoisotopic (exact) mass is 402 g/mol. The Morgan fingerprint density at radius 1 is 0.905 bits per heavy atom. The van der Waals surface area contributed by atoms with Crippen molar-refractivity contribution >= 4 is 42.6 Å². The van der Waals surface area contributed by atoms with E-state index < -0.39 is 0 Å². The number of rotatable bonds is 3. The van der Waals surface area contributed by atoms with Crippen LogP contribution in [0.2, 0.25) is 0 Å². The van der Waals surface area contributed by atoms with Crippen molar-refractivity contribution in [2.45, 2.75) is 18.2 Å². The molecule has 0 nitrogen and oxygen atoms in total. The van der Waals surface area contributed by atoms with Gasteiger partial charge in [0.2, 0.25) is 0 Å². The first-order chi connectivity index (χ1) is 10.1. The molecule has 3 aromatic rings. The van der Waals surface area contributed by atoms with Crippen LogP contribution in [0.15, 0.2) is 65.1 Å². The van der Waals surface area contributed by atoms with E-state index in [1.165, 1.54) is 31.9 Å². The quantitative estimate of drug-likeness (QED) is 0.432. The average molecular weight is 404 g/mol. The smallest absolute Gasteiger partial charge is 0.0446 e. The van der Waals surface area contributed by atoms with Crippen LogP contribution in [0.5, 0.6) is 0 Å². The van der Waals surface area contributed by atoms with E-state index >= 15 is 0 Å². The molecule has 21 heavy (non-hydrogen) atoms. The van der Waals surface area contributed by atoms with Crippen LogP contribution in [0, 0.1) is 6.92 Å². The van der Waals surface area contributed by atoms with Gasteiger partial charge in [-0.1, -0.05) is 92.5 Å². The lowest BCUT2D eigenvalue weighted by atomic mass is 10.0. The van der Waals surface area contributed by atoms with Crippen molar-refractivity contribution in [3.05, 3.63) is 81.8 Å². The van der Waals surface area contributed by atoms with Gasteiger partial charge in [0.05, 0.1) is 0 Å². The summed E-state index contributed by atoms with van der Waals surface area (Å²) in [5, 5.41) is 2.60. The van der Waals surface area contributed by atoms with Crippen LogP contribution in [0.25, 0.3) is 10.8 Å². The standard InChI is InChI=1S/C19H16Br2/c1-13-5-4-8-17(19(13)21)18(20)12-14-9-10-15-6-2-3-7-16(15)11-14/h2-11,18H,12H2,1H3. The molecule has 2 heteroatoms. The molecule has 0 fully saturated rings. The molecule has 0 aliphatic heterocycles. The number of halogens is 2.